The highest BCUT2D eigenvalue weighted by Crippen LogP contribution is 2.16. The maximum absolute atomic E-state index is 11.5. The molecule has 0 amide bonds. The molecule has 1 rings (SSSR count). The molecular formula is C14H16INO2. The molecule has 0 fully saturated rings. The van der Waals surface area contributed by atoms with Gasteiger partial charge in [-0.2, -0.15) is 0 Å². The molecule has 0 aromatic carbocycles. The molecule has 0 heterocycles. The Morgan fingerprint density at radius 2 is 2.50 bits per heavy atom. The van der Waals surface area contributed by atoms with Crippen molar-refractivity contribution in [1.29, 1.82) is 0 Å². The largest absolute Gasteiger partial charge is 0.308 e. The lowest BCUT2D eigenvalue weighted by Gasteiger charge is -2.10. The van der Waals surface area contributed by atoms with Crippen LogP contribution in [0.3, 0.4) is 0 Å². The maximum atomic E-state index is 11.5. The molecule has 4 heteroatoms. The van der Waals surface area contributed by atoms with Gasteiger partial charge in [0.05, 0.1) is 6.10 Å². The molecule has 18 heavy (non-hydrogen) atoms. The van der Waals surface area contributed by atoms with Crippen molar-refractivity contribution in [3.8, 4) is 0 Å². The molecule has 0 bridgehead atoms. The third-order valence-electron chi connectivity index (χ3n) is 2.30. The number of rotatable bonds is 6. The van der Waals surface area contributed by atoms with E-state index >= 15 is 0 Å². The standard InChI is InChI=1S/C14H16INO2/c1-2-10-16-11-9-13(17)6-3-12-4-7-14(18-15)8-5-12/h2-7,10-11,14H,8-9H2,1H3/b6-3+,10-2-,16-11?. The number of hydrogen-bond donors (Lipinski definition) is 0. The molecule has 1 unspecified atom stereocenters. The summed E-state index contributed by atoms with van der Waals surface area (Å²) in [7, 11) is 0. The monoisotopic (exact) mass is 357 g/mol. The van der Waals surface area contributed by atoms with Crippen LogP contribution in [-0.2, 0) is 7.86 Å². The van der Waals surface area contributed by atoms with Crippen molar-refractivity contribution in [1.82, 2.24) is 0 Å². The number of allylic oxidation sites excluding steroid dienone is 5. The average Bonchev–Trinajstić information content (AvgIpc) is 2.42. The first-order chi connectivity index (χ1) is 8.76. The van der Waals surface area contributed by atoms with Crippen LogP contribution in [0.4, 0.5) is 0 Å². The first-order valence-corrected chi connectivity index (χ1v) is 6.64. The molecule has 0 saturated heterocycles. The zero-order chi connectivity index (χ0) is 13.2. The second-order valence-electron chi connectivity index (χ2n) is 3.74. The number of aliphatic imine (C=N–C) groups is 1. The van der Waals surface area contributed by atoms with Crippen molar-refractivity contribution < 1.29 is 7.86 Å². The zero-order valence-electron chi connectivity index (χ0n) is 10.3. The Kier molecular flexibility index (Phi) is 7.52. The van der Waals surface area contributed by atoms with E-state index in [1.54, 1.807) is 18.5 Å². The zero-order valence-corrected chi connectivity index (χ0v) is 12.4. The second kappa shape index (κ2) is 8.99. The smallest absolute Gasteiger partial charge is 0.161 e. The minimum Gasteiger partial charge on any atom is -0.308 e. The van der Waals surface area contributed by atoms with Crippen LogP contribution in [-0.4, -0.2) is 18.1 Å². The van der Waals surface area contributed by atoms with E-state index in [1.165, 1.54) is 0 Å². The minimum atomic E-state index is 0.0461. The number of carbonyl (C=O) groups is 1. The first kappa shape index (κ1) is 15.0. The fraction of sp³-hybridized carbons (Fsp3) is 0.286. The Balaban J connectivity index is 2.39. The lowest BCUT2D eigenvalue weighted by molar-refractivity contribution is -0.113. The van der Waals surface area contributed by atoms with Crippen LogP contribution in [0.5, 0.6) is 0 Å². The summed E-state index contributed by atoms with van der Waals surface area (Å²) in [5.74, 6) is 0.0461. The first-order valence-electron chi connectivity index (χ1n) is 5.75. The summed E-state index contributed by atoms with van der Waals surface area (Å²) in [6.45, 7) is 1.88. The SMILES string of the molecule is C/C=C\N=CCC(=O)/C=C/C1=CCC(OI)C=C1. The maximum Gasteiger partial charge on any atom is 0.161 e. The molecule has 96 valence electrons. The highest BCUT2D eigenvalue weighted by molar-refractivity contribution is 14.1. The van der Waals surface area contributed by atoms with Crippen LogP contribution in [0.1, 0.15) is 19.8 Å². The van der Waals surface area contributed by atoms with Crippen molar-refractivity contribution in [2.24, 2.45) is 4.99 Å². The van der Waals surface area contributed by atoms with E-state index in [4.69, 9.17) is 3.07 Å². The molecule has 0 aliphatic heterocycles. The molecule has 0 aromatic rings. The molecule has 1 aliphatic rings. The highest BCUT2D eigenvalue weighted by atomic mass is 127. The molecule has 0 N–H and O–H groups in total. The van der Waals surface area contributed by atoms with Crippen LogP contribution in [0.25, 0.3) is 0 Å². The molecule has 0 radical (unpaired) electrons. The number of nitrogens with zero attached hydrogens (tertiary/aromatic N) is 1. The second-order valence-corrected chi connectivity index (χ2v) is 4.25. The van der Waals surface area contributed by atoms with Gasteiger partial charge in [-0.1, -0.05) is 30.4 Å². The molecule has 0 aromatic heterocycles. The van der Waals surface area contributed by atoms with Gasteiger partial charge in [0, 0.05) is 18.8 Å². The number of hydrogen-bond acceptors (Lipinski definition) is 3. The van der Waals surface area contributed by atoms with Crippen LogP contribution >= 0.6 is 23.0 Å². The number of ketones is 1. The van der Waals surface area contributed by atoms with Gasteiger partial charge in [0.25, 0.3) is 0 Å². The van der Waals surface area contributed by atoms with Gasteiger partial charge in [0.1, 0.15) is 23.0 Å². The molecule has 0 spiro atoms. The summed E-state index contributed by atoms with van der Waals surface area (Å²) >= 11 is 1.89. The van der Waals surface area contributed by atoms with Gasteiger partial charge < -0.3 is 3.07 Å². The van der Waals surface area contributed by atoms with Gasteiger partial charge in [-0.15, -0.1) is 0 Å². The fourth-order valence-electron chi connectivity index (χ4n) is 1.35. The number of halogens is 1. The average molecular weight is 357 g/mol. The normalized spacial score (nSPS) is 20.1. The van der Waals surface area contributed by atoms with Crippen molar-refractivity contribution in [3.05, 3.63) is 48.2 Å². The highest BCUT2D eigenvalue weighted by Gasteiger charge is 2.06. The molecule has 1 atom stereocenters. The third-order valence-corrected chi connectivity index (χ3v) is 2.95. The fourth-order valence-corrected chi connectivity index (χ4v) is 1.73. The molecule has 0 saturated carbocycles. The van der Waals surface area contributed by atoms with E-state index in [1.807, 2.05) is 54.2 Å². The van der Waals surface area contributed by atoms with Gasteiger partial charge in [0.15, 0.2) is 5.78 Å². The van der Waals surface area contributed by atoms with Crippen LogP contribution in [0, 0.1) is 0 Å². The van der Waals surface area contributed by atoms with Crippen LogP contribution < -0.4 is 0 Å². The topological polar surface area (TPSA) is 38.7 Å². The number of carbonyl (C=O) groups excluding carboxylic acids is 1. The van der Waals surface area contributed by atoms with E-state index in [9.17, 15) is 4.79 Å². The summed E-state index contributed by atoms with van der Waals surface area (Å²) in [4.78, 5) is 15.4. The summed E-state index contributed by atoms with van der Waals surface area (Å²) in [5, 5.41) is 0. The third kappa shape index (κ3) is 6.07. The minimum absolute atomic E-state index is 0.0461. The summed E-state index contributed by atoms with van der Waals surface area (Å²) in [6.07, 6.45) is 15.8. The Bertz CT molecular complexity index is 420. The van der Waals surface area contributed by atoms with Crippen LogP contribution in [0.2, 0.25) is 0 Å². The quantitative estimate of drug-likeness (QED) is 0.413. The van der Waals surface area contributed by atoms with Gasteiger partial charge in [-0.3, -0.25) is 9.79 Å². The van der Waals surface area contributed by atoms with Gasteiger partial charge >= 0.3 is 0 Å². The Hall–Kier alpha value is -1.01. The van der Waals surface area contributed by atoms with E-state index in [0.29, 0.717) is 6.42 Å². The van der Waals surface area contributed by atoms with Gasteiger partial charge in [-0.25, -0.2) is 0 Å². The van der Waals surface area contributed by atoms with E-state index in [-0.39, 0.29) is 11.9 Å². The Morgan fingerprint density at radius 1 is 1.67 bits per heavy atom. The van der Waals surface area contributed by atoms with Crippen LogP contribution in [0.15, 0.2) is 53.2 Å². The molecule has 3 nitrogen and oxygen atoms in total. The molecule has 1 aliphatic carbocycles. The lowest BCUT2D eigenvalue weighted by atomic mass is 10.0. The Morgan fingerprint density at radius 3 is 3.11 bits per heavy atom. The summed E-state index contributed by atoms with van der Waals surface area (Å²) in [5.41, 5.74) is 1.04. The van der Waals surface area contributed by atoms with Crippen molar-refractivity contribution in [3.63, 3.8) is 0 Å². The summed E-state index contributed by atoms with van der Waals surface area (Å²) < 4.78 is 5.16. The molecular weight excluding hydrogens is 341 g/mol. The van der Waals surface area contributed by atoms with E-state index < -0.39 is 0 Å². The van der Waals surface area contributed by atoms with Gasteiger partial charge in [-0.05, 0) is 25.0 Å². The van der Waals surface area contributed by atoms with Crippen molar-refractivity contribution in [2.75, 3.05) is 0 Å². The van der Waals surface area contributed by atoms with Gasteiger partial charge in [0.2, 0.25) is 0 Å². The predicted octanol–water partition coefficient (Wildman–Crippen LogP) is 3.73. The van der Waals surface area contributed by atoms with Crippen molar-refractivity contribution in [2.45, 2.75) is 25.9 Å². The summed E-state index contributed by atoms with van der Waals surface area (Å²) in [6, 6.07) is 0. The van der Waals surface area contributed by atoms with E-state index in [0.717, 1.165) is 12.0 Å². The Labute approximate surface area is 122 Å². The predicted molar refractivity (Wildman–Crippen MR) is 82.8 cm³/mol. The van der Waals surface area contributed by atoms with E-state index in [2.05, 4.69) is 11.1 Å². The lowest BCUT2D eigenvalue weighted by Crippen LogP contribution is -2.04. The van der Waals surface area contributed by atoms with Crippen molar-refractivity contribution >= 4 is 35.0 Å².